The van der Waals surface area contributed by atoms with Gasteiger partial charge in [0, 0.05) is 10.5 Å². The van der Waals surface area contributed by atoms with Gasteiger partial charge in [-0.3, -0.25) is 14.9 Å². The molecule has 144 valence electrons. The van der Waals surface area contributed by atoms with Crippen LogP contribution in [0.25, 0.3) is 0 Å². The molecule has 0 saturated heterocycles. The zero-order valence-electron chi connectivity index (χ0n) is 13.8. The van der Waals surface area contributed by atoms with Crippen molar-refractivity contribution >= 4 is 39.7 Å². The molecule has 0 radical (unpaired) electrons. The Balaban J connectivity index is 1.81. The van der Waals surface area contributed by atoms with E-state index in [2.05, 4.69) is 10.3 Å². The summed E-state index contributed by atoms with van der Waals surface area (Å²) in [7, 11) is 0. The Bertz CT molecular complexity index is 1040. The van der Waals surface area contributed by atoms with E-state index in [-0.39, 0.29) is 10.6 Å². The van der Waals surface area contributed by atoms with Crippen LogP contribution in [0.1, 0.15) is 15.9 Å². The number of hydrogen-bond acceptors (Lipinski definition) is 6. The highest BCUT2D eigenvalue weighted by atomic mass is 32.2. The van der Waals surface area contributed by atoms with Crippen molar-refractivity contribution in [2.75, 3.05) is 5.32 Å². The highest BCUT2D eigenvalue weighted by Gasteiger charge is 2.31. The van der Waals surface area contributed by atoms with Gasteiger partial charge in [0.05, 0.1) is 16.2 Å². The molecule has 2 aromatic carbocycles. The number of benzene rings is 2. The van der Waals surface area contributed by atoms with Crippen molar-refractivity contribution in [1.82, 2.24) is 4.98 Å². The minimum absolute atomic E-state index is 0.118. The Morgan fingerprint density at radius 1 is 1.18 bits per heavy atom. The highest BCUT2D eigenvalue weighted by molar-refractivity contribution is 8.01. The van der Waals surface area contributed by atoms with Crippen molar-refractivity contribution in [3.05, 3.63) is 76.0 Å². The van der Waals surface area contributed by atoms with Gasteiger partial charge < -0.3 is 5.32 Å². The molecule has 3 aromatic rings. The Labute approximate surface area is 164 Å². The number of amides is 1. The number of halogens is 3. The van der Waals surface area contributed by atoms with Gasteiger partial charge in [0.25, 0.3) is 5.91 Å². The molecule has 0 aliphatic rings. The first kappa shape index (κ1) is 19.8. The molecule has 1 N–H and O–H groups in total. The number of rotatable bonds is 5. The summed E-state index contributed by atoms with van der Waals surface area (Å²) in [5.74, 6) is -0.704. The number of nitrogens with one attached hydrogen (secondary N) is 1. The van der Waals surface area contributed by atoms with Gasteiger partial charge in [-0.2, -0.15) is 13.2 Å². The topological polar surface area (TPSA) is 85.1 Å². The van der Waals surface area contributed by atoms with Crippen LogP contribution in [0.5, 0.6) is 0 Å². The highest BCUT2D eigenvalue weighted by Crippen LogP contribution is 2.38. The summed E-state index contributed by atoms with van der Waals surface area (Å²) < 4.78 is 38.9. The molecule has 0 bridgehead atoms. The molecule has 0 saturated carbocycles. The lowest BCUT2D eigenvalue weighted by Gasteiger charge is -2.11. The third kappa shape index (κ3) is 4.67. The number of nitrogens with zero attached hydrogens (tertiary/aromatic N) is 2. The zero-order chi connectivity index (χ0) is 20.3. The summed E-state index contributed by atoms with van der Waals surface area (Å²) in [6, 6.07) is 10.7. The molecule has 0 aliphatic heterocycles. The fourth-order valence-corrected chi connectivity index (χ4v) is 3.99. The first-order valence-electron chi connectivity index (χ1n) is 7.60. The molecular formula is C17H10F3N3O3S2. The van der Waals surface area contributed by atoms with E-state index in [1.165, 1.54) is 6.07 Å². The van der Waals surface area contributed by atoms with Crippen LogP contribution in [0.2, 0.25) is 0 Å². The predicted octanol–water partition coefficient (Wildman–Crippen LogP) is 5.47. The van der Waals surface area contributed by atoms with Crippen LogP contribution in [0, 0.1) is 10.1 Å². The Morgan fingerprint density at radius 2 is 1.93 bits per heavy atom. The van der Waals surface area contributed by atoms with Gasteiger partial charge in [0.15, 0.2) is 4.34 Å². The normalized spacial score (nSPS) is 11.2. The van der Waals surface area contributed by atoms with Crippen LogP contribution >= 0.6 is 23.1 Å². The monoisotopic (exact) mass is 425 g/mol. The summed E-state index contributed by atoms with van der Waals surface area (Å²) >= 11 is 1.98. The molecule has 1 aromatic heterocycles. The fraction of sp³-hybridized carbons (Fsp3) is 0.0588. The van der Waals surface area contributed by atoms with Gasteiger partial charge in [-0.1, -0.05) is 30.0 Å². The van der Waals surface area contributed by atoms with Crippen LogP contribution < -0.4 is 5.32 Å². The number of anilines is 1. The van der Waals surface area contributed by atoms with Gasteiger partial charge in [-0.15, -0.1) is 0 Å². The lowest BCUT2D eigenvalue weighted by molar-refractivity contribution is -0.380. The van der Waals surface area contributed by atoms with Gasteiger partial charge in [0.2, 0.25) is 0 Å². The van der Waals surface area contributed by atoms with Crippen LogP contribution in [-0.2, 0) is 6.18 Å². The van der Waals surface area contributed by atoms with Crippen molar-refractivity contribution in [1.29, 1.82) is 0 Å². The second-order valence-corrected chi connectivity index (χ2v) is 7.65. The Kier molecular flexibility index (Phi) is 5.66. The van der Waals surface area contributed by atoms with Crippen LogP contribution in [0.3, 0.4) is 0 Å². The van der Waals surface area contributed by atoms with E-state index in [4.69, 9.17) is 0 Å². The molecule has 1 heterocycles. The molecule has 0 spiro atoms. The van der Waals surface area contributed by atoms with Gasteiger partial charge in [-0.25, -0.2) is 4.98 Å². The minimum Gasteiger partial charge on any atom is -0.321 e. The summed E-state index contributed by atoms with van der Waals surface area (Å²) in [6.45, 7) is 0. The third-order valence-electron chi connectivity index (χ3n) is 3.44. The minimum atomic E-state index is -4.55. The maximum Gasteiger partial charge on any atom is 0.416 e. The number of thiazole rings is 1. The molecular weight excluding hydrogens is 415 g/mol. The lowest BCUT2D eigenvalue weighted by atomic mass is 10.1. The maximum atomic E-state index is 12.8. The van der Waals surface area contributed by atoms with Crippen LogP contribution in [0.15, 0.2) is 64.0 Å². The van der Waals surface area contributed by atoms with Gasteiger partial charge in [0.1, 0.15) is 6.20 Å². The SMILES string of the molecule is O=C(Nc1ccccc1Sc1ncc([N+](=O)[O-])s1)c1cccc(C(F)(F)F)c1. The third-order valence-corrected chi connectivity index (χ3v) is 5.54. The number of carbonyl (C=O) groups excluding carboxylic acids is 1. The number of para-hydroxylation sites is 1. The number of aromatic nitrogens is 1. The van der Waals surface area contributed by atoms with Gasteiger partial charge in [-0.05, 0) is 41.7 Å². The van der Waals surface area contributed by atoms with Crippen molar-refractivity contribution in [3.63, 3.8) is 0 Å². The molecule has 1 amide bonds. The summed E-state index contributed by atoms with van der Waals surface area (Å²) in [5.41, 5.74) is -0.704. The molecule has 0 unspecified atom stereocenters. The number of carbonyl (C=O) groups is 1. The molecule has 0 aliphatic carbocycles. The summed E-state index contributed by atoms with van der Waals surface area (Å²) in [6.07, 6.45) is -3.42. The van der Waals surface area contributed by atoms with Crippen molar-refractivity contribution in [3.8, 4) is 0 Å². The number of alkyl halides is 3. The van der Waals surface area contributed by atoms with Crippen LogP contribution in [-0.4, -0.2) is 15.8 Å². The predicted molar refractivity (Wildman–Crippen MR) is 98.7 cm³/mol. The first-order chi connectivity index (χ1) is 13.2. The van der Waals surface area contributed by atoms with Crippen molar-refractivity contribution < 1.29 is 22.9 Å². The summed E-state index contributed by atoms with van der Waals surface area (Å²) in [5, 5.41) is 13.2. The second-order valence-electron chi connectivity index (χ2n) is 5.35. The molecule has 3 rings (SSSR count). The number of hydrogen-bond donors (Lipinski definition) is 1. The standard InChI is InChI=1S/C17H10F3N3O3S2/c18-17(19,20)11-5-3-4-10(8-11)15(24)22-12-6-1-2-7-13(12)27-16-21-9-14(28-16)23(25)26/h1-9H,(H,22,24). The number of nitro groups is 1. The van der Waals surface area contributed by atoms with E-state index in [0.717, 1.165) is 47.5 Å². The van der Waals surface area contributed by atoms with Gasteiger partial charge >= 0.3 is 11.2 Å². The van der Waals surface area contributed by atoms with E-state index in [9.17, 15) is 28.1 Å². The van der Waals surface area contributed by atoms with E-state index < -0.39 is 22.6 Å². The molecule has 6 nitrogen and oxygen atoms in total. The van der Waals surface area contributed by atoms with Crippen molar-refractivity contribution in [2.24, 2.45) is 0 Å². The average Bonchev–Trinajstić information content (AvgIpc) is 3.12. The van der Waals surface area contributed by atoms with E-state index in [1.807, 2.05) is 0 Å². The first-order valence-corrected chi connectivity index (χ1v) is 9.23. The van der Waals surface area contributed by atoms with E-state index in [0.29, 0.717) is 14.9 Å². The van der Waals surface area contributed by atoms with Crippen LogP contribution in [0.4, 0.5) is 23.9 Å². The fourth-order valence-electron chi connectivity index (χ4n) is 2.17. The molecule has 28 heavy (non-hydrogen) atoms. The van der Waals surface area contributed by atoms with E-state index in [1.54, 1.807) is 24.3 Å². The summed E-state index contributed by atoms with van der Waals surface area (Å²) in [4.78, 5) is 27.1. The largest absolute Gasteiger partial charge is 0.416 e. The Morgan fingerprint density at radius 3 is 2.61 bits per heavy atom. The molecule has 0 fully saturated rings. The zero-order valence-corrected chi connectivity index (χ0v) is 15.4. The van der Waals surface area contributed by atoms with E-state index >= 15 is 0 Å². The quantitative estimate of drug-likeness (QED) is 0.433. The average molecular weight is 425 g/mol. The lowest BCUT2D eigenvalue weighted by Crippen LogP contribution is -2.14. The second kappa shape index (κ2) is 7.98. The molecule has 0 atom stereocenters. The smallest absolute Gasteiger partial charge is 0.321 e. The Hall–Kier alpha value is -2.92. The maximum absolute atomic E-state index is 12.8. The van der Waals surface area contributed by atoms with Crippen molar-refractivity contribution in [2.45, 2.75) is 15.4 Å². The molecule has 11 heteroatoms.